The topological polar surface area (TPSA) is 118 Å². The van der Waals surface area contributed by atoms with E-state index >= 15 is 0 Å². The van der Waals surface area contributed by atoms with Gasteiger partial charge in [-0.2, -0.15) is 15.3 Å². The fourth-order valence-electron chi connectivity index (χ4n) is 5.38. The first-order valence-electron chi connectivity index (χ1n) is 13.0. The van der Waals surface area contributed by atoms with Crippen LogP contribution in [0.4, 0.5) is 17.6 Å². The standard InChI is InChI=1S/C27H33N9S/c1-4-20-13-19(14-21(5-2)36(20)10-6-9-28)30-27-31-23-12-18(24-15-37-16-29-24)7-8-22(23)26(33-27)32-25-11-17(3)34-35-25/h7-8,11-12,15-16,19-21H,4-6,10,13-14H2,1-3H3,(H3,30,31,32,33,34,35). The number of aromatic nitrogens is 5. The number of thiazole rings is 1. The van der Waals surface area contributed by atoms with Crippen LogP contribution in [-0.4, -0.2) is 54.7 Å². The summed E-state index contributed by atoms with van der Waals surface area (Å²) < 4.78 is 0. The number of nitrogens with one attached hydrogen (secondary N) is 3. The van der Waals surface area contributed by atoms with E-state index in [2.05, 4.69) is 62.8 Å². The van der Waals surface area contributed by atoms with Gasteiger partial charge in [0.15, 0.2) is 5.82 Å². The Bertz CT molecular complexity index is 1360. The van der Waals surface area contributed by atoms with E-state index in [-0.39, 0.29) is 6.04 Å². The number of hydrogen-bond donors (Lipinski definition) is 3. The number of likely N-dealkylation sites (tertiary alicyclic amines) is 1. The van der Waals surface area contributed by atoms with E-state index in [1.807, 2.05) is 29.9 Å². The molecular weight excluding hydrogens is 482 g/mol. The molecule has 3 aromatic heterocycles. The van der Waals surface area contributed by atoms with Crippen LogP contribution < -0.4 is 10.6 Å². The van der Waals surface area contributed by atoms with Crippen LogP contribution >= 0.6 is 11.3 Å². The highest BCUT2D eigenvalue weighted by Gasteiger charge is 2.34. The third kappa shape index (κ3) is 5.58. The van der Waals surface area contributed by atoms with Gasteiger partial charge in [-0.3, -0.25) is 10.00 Å². The summed E-state index contributed by atoms with van der Waals surface area (Å²) in [4.78, 5) is 16.9. The molecule has 1 fully saturated rings. The Balaban J connectivity index is 1.47. The van der Waals surface area contributed by atoms with Crippen molar-refractivity contribution in [3.8, 4) is 17.3 Å². The third-order valence-corrected chi connectivity index (χ3v) is 7.77. The first-order chi connectivity index (χ1) is 18.1. The minimum atomic E-state index is 0.257. The van der Waals surface area contributed by atoms with Gasteiger partial charge in [0.25, 0.3) is 0 Å². The molecule has 3 N–H and O–H groups in total. The summed E-state index contributed by atoms with van der Waals surface area (Å²) in [5.74, 6) is 2.04. The smallest absolute Gasteiger partial charge is 0.225 e. The number of hydrogen-bond acceptors (Lipinski definition) is 9. The number of aromatic amines is 1. The molecule has 1 aromatic carbocycles. The first kappa shape index (κ1) is 25.1. The van der Waals surface area contributed by atoms with Gasteiger partial charge in [0.1, 0.15) is 5.82 Å². The third-order valence-electron chi connectivity index (χ3n) is 7.19. The number of H-pyrrole nitrogens is 1. The van der Waals surface area contributed by atoms with Gasteiger partial charge < -0.3 is 10.6 Å². The van der Waals surface area contributed by atoms with Crippen molar-refractivity contribution in [3.63, 3.8) is 0 Å². The van der Waals surface area contributed by atoms with Crippen LogP contribution in [0.25, 0.3) is 22.2 Å². The van der Waals surface area contributed by atoms with Gasteiger partial charge in [0.2, 0.25) is 5.95 Å². The molecule has 0 aliphatic carbocycles. The fraction of sp³-hybridized carbons (Fsp3) is 0.444. The molecule has 4 aromatic rings. The lowest BCUT2D eigenvalue weighted by molar-refractivity contribution is 0.0734. The van der Waals surface area contributed by atoms with E-state index in [0.717, 1.165) is 71.7 Å². The largest absolute Gasteiger partial charge is 0.351 e. The molecule has 0 radical (unpaired) electrons. The summed E-state index contributed by atoms with van der Waals surface area (Å²) in [5.41, 5.74) is 5.64. The first-order valence-corrected chi connectivity index (χ1v) is 13.9. The van der Waals surface area contributed by atoms with Crippen molar-refractivity contribution < 1.29 is 0 Å². The molecule has 2 unspecified atom stereocenters. The van der Waals surface area contributed by atoms with Gasteiger partial charge >= 0.3 is 0 Å². The normalized spacial score (nSPS) is 20.1. The van der Waals surface area contributed by atoms with Crippen molar-refractivity contribution in [2.75, 3.05) is 17.2 Å². The molecule has 0 spiro atoms. The molecule has 10 heteroatoms. The Morgan fingerprint density at radius 3 is 2.62 bits per heavy atom. The summed E-state index contributed by atoms with van der Waals surface area (Å²) in [6.07, 6.45) is 4.68. The number of fused-ring (bicyclic) bond motifs is 1. The quantitative estimate of drug-likeness (QED) is 0.253. The Morgan fingerprint density at radius 2 is 1.97 bits per heavy atom. The summed E-state index contributed by atoms with van der Waals surface area (Å²) >= 11 is 1.58. The average Bonchev–Trinajstić information content (AvgIpc) is 3.59. The molecule has 9 nitrogen and oxygen atoms in total. The van der Waals surface area contributed by atoms with Crippen molar-refractivity contribution >= 4 is 39.8 Å². The second-order valence-electron chi connectivity index (χ2n) is 9.65. The Labute approximate surface area is 221 Å². The summed E-state index contributed by atoms with van der Waals surface area (Å²) in [6, 6.07) is 11.6. The predicted molar refractivity (Wildman–Crippen MR) is 149 cm³/mol. The van der Waals surface area contributed by atoms with E-state index < -0.39 is 0 Å². The average molecular weight is 516 g/mol. The Kier molecular flexibility index (Phi) is 7.63. The van der Waals surface area contributed by atoms with Crippen molar-refractivity contribution in [3.05, 3.63) is 40.8 Å². The van der Waals surface area contributed by atoms with Gasteiger partial charge in [-0.1, -0.05) is 19.9 Å². The fourth-order valence-corrected chi connectivity index (χ4v) is 5.94. The second kappa shape index (κ2) is 11.2. The van der Waals surface area contributed by atoms with Gasteiger partial charge in [0.05, 0.1) is 22.8 Å². The number of piperidine rings is 1. The zero-order chi connectivity index (χ0) is 25.8. The van der Waals surface area contributed by atoms with Gasteiger partial charge in [-0.05, 0) is 44.7 Å². The highest BCUT2D eigenvalue weighted by Crippen LogP contribution is 2.32. The molecule has 1 aliphatic rings. The van der Waals surface area contributed by atoms with Crippen molar-refractivity contribution in [2.24, 2.45) is 0 Å². The maximum Gasteiger partial charge on any atom is 0.225 e. The lowest BCUT2D eigenvalue weighted by atomic mass is 9.88. The molecule has 4 heterocycles. The highest BCUT2D eigenvalue weighted by molar-refractivity contribution is 7.07. The minimum Gasteiger partial charge on any atom is -0.351 e. The van der Waals surface area contributed by atoms with E-state index in [1.54, 1.807) is 11.3 Å². The number of rotatable bonds is 9. The SMILES string of the molecule is CCC1CC(Nc2nc(Nc3cc(C)[nH]n3)c3ccc(-c4cscn4)cc3n2)CC(CC)N1CCC#N. The molecule has 5 rings (SSSR count). The lowest BCUT2D eigenvalue weighted by Gasteiger charge is -2.45. The molecule has 0 amide bonds. The van der Waals surface area contributed by atoms with Gasteiger partial charge in [-0.15, -0.1) is 11.3 Å². The van der Waals surface area contributed by atoms with Crippen LogP contribution in [0.1, 0.15) is 51.6 Å². The van der Waals surface area contributed by atoms with Crippen molar-refractivity contribution in [2.45, 2.75) is 71.0 Å². The van der Waals surface area contributed by atoms with Crippen LogP contribution in [0.5, 0.6) is 0 Å². The van der Waals surface area contributed by atoms with Crippen LogP contribution in [0.2, 0.25) is 0 Å². The van der Waals surface area contributed by atoms with Crippen LogP contribution in [-0.2, 0) is 0 Å². The highest BCUT2D eigenvalue weighted by atomic mass is 32.1. The zero-order valence-electron chi connectivity index (χ0n) is 21.5. The number of nitrogens with zero attached hydrogens (tertiary/aromatic N) is 6. The summed E-state index contributed by atoms with van der Waals surface area (Å²) in [7, 11) is 0. The molecule has 2 atom stereocenters. The van der Waals surface area contributed by atoms with Crippen LogP contribution in [0.3, 0.4) is 0 Å². The number of aryl methyl sites for hydroxylation is 1. The Morgan fingerprint density at radius 1 is 1.16 bits per heavy atom. The maximum atomic E-state index is 9.14. The van der Waals surface area contributed by atoms with E-state index in [9.17, 15) is 0 Å². The molecular formula is C27H33N9S. The van der Waals surface area contributed by atoms with Crippen molar-refractivity contribution in [1.82, 2.24) is 30.0 Å². The van der Waals surface area contributed by atoms with E-state index in [0.29, 0.717) is 24.5 Å². The molecule has 1 saturated heterocycles. The number of benzene rings is 1. The minimum absolute atomic E-state index is 0.257. The number of anilines is 3. The zero-order valence-corrected chi connectivity index (χ0v) is 22.3. The van der Waals surface area contributed by atoms with Crippen molar-refractivity contribution in [1.29, 1.82) is 5.26 Å². The van der Waals surface area contributed by atoms with Crippen LogP contribution in [0.15, 0.2) is 35.2 Å². The maximum absolute atomic E-state index is 9.14. The summed E-state index contributed by atoms with van der Waals surface area (Å²) in [5, 5.41) is 26.5. The van der Waals surface area contributed by atoms with Gasteiger partial charge in [-0.25, -0.2) is 9.97 Å². The molecule has 37 heavy (non-hydrogen) atoms. The summed E-state index contributed by atoms with van der Waals surface area (Å²) in [6.45, 7) is 7.28. The molecule has 0 saturated carbocycles. The van der Waals surface area contributed by atoms with Gasteiger partial charge in [0, 0.05) is 59.2 Å². The second-order valence-corrected chi connectivity index (χ2v) is 10.4. The van der Waals surface area contributed by atoms with E-state index in [1.165, 1.54) is 0 Å². The van der Waals surface area contributed by atoms with E-state index in [4.69, 9.17) is 15.2 Å². The number of nitriles is 1. The molecule has 1 aliphatic heterocycles. The van der Waals surface area contributed by atoms with Crippen LogP contribution in [0, 0.1) is 18.3 Å². The predicted octanol–water partition coefficient (Wildman–Crippen LogP) is 5.88. The monoisotopic (exact) mass is 515 g/mol. The molecule has 0 bridgehead atoms. The lowest BCUT2D eigenvalue weighted by Crippen LogP contribution is -2.52. The molecule has 192 valence electrons. The Hall–Kier alpha value is -3.55.